The molecule has 0 radical (unpaired) electrons. The van der Waals surface area contributed by atoms with Gasteiger partial charge in [0.15, 0.2) is 0 Å². The predicted octanol–water partition coefficient (Wildman–Crippen LogP) is 4.82. The maximum atomic E-state index is 12.5. The lowest BCUT2D eigenvalue weighted by Gasteiger charge is -2.32. The van der Waals surface area contributed by atoms with Gasteiger partial charge in [0.05, 0.1) is 0 Å². The van der Waals surface area contributed by atoms with Crippen LogP contribution in [-0.4, -0.2) is 42.4 Å². The normalized spacial score (nSPS) is 18.9. The largest absolute Gasteiger partial charge is 0.372 e. The average molecular weight is 400 g/mol. The van der Waals surface area contributed by atoms with Crippen molar-refractivity contribution in [2.75, 3.05) is 29.9 Å². The number of piperidine rings is 1. The third-order valence-corrected chi connectivity index (χ3v) is 6.55. The molecule has 3 rings (SSSR count). The van der Waals surface area contributed by atoms with Gasteiger partial charge >= 0.3 is 0 Å². The van der Waals surface area contributed by atoms with Gasteiger partial charge in [-0.2, -0.15) is 0 Å². The molecule has 1 aromatic carbocycles. The molecule has 5 heteroatoms. The Morgan fingerprint density at radius 2 is 1.62 bits per heavy atom. The van der Waals surface area contributed by atoms with Crippen molar-refractivity contribution in [2.24, 2.45) is 5.92 Å². The van der Waals surface area contributed by atoms with E-state index in [1.807, 2.05) is 17.0 Å². The van der Waals surface area contributed by atoms with Crippen molar-refractivity contribution in [3.05, 3.63) is 24.3 Å². The number of amides is 2. The summed E-state index contributed by atoms with van der Waals surface area (Å²) >= 11 is 0. The van der Waals surface area contributed by atoms with Crippen molar-refractivity contribution in [3.8, 4) is 0 Å². The van der Waals surface area contributed by atoms with E-state index in [1.54, 1.807) is 6.92 Å². The van der Waals surface area contributed by atoms with Crippen LogP contribution in [0.3, 0.4) is 0 Å². The molecule has 1 aliphatic carbocycles. The molecule has 1 N–H and O–H groups in total. The lowest BCUT2D eigenvalue weighted by Crippen LogP contribution is -2.40. The summed E-state index contributed by atoms with van der Waals surface area (Å²) in [4.78, 5) is 28.9. The van der Waals surface area contributed by atoms with E-state index < -0.39 is 0 Å². The molecule has 1 aromatic rings. The molecular weight excluding hydrogens is 362 g/mol. The SMILES string of the molecule is CC(=O)N(CCC(=O)Nc1ccc(N2CCC(C)CC2)cc1)C1CCCCCC1. The Morgan fingerprint density at radius 1 is 1.00 bits per heavy atom. The number of anilines is 2. The molecule has 1 heterocycles. The lowest BCUT2D eigenvalue weighted by atomic mass is 9.99. The summed E-state index contributed by atoms with van der Waals surface area (Å²) in [6, 6.07) is 8.46. The van der Waals surface area contributed by atoms with Gasteiger partial charge in [0.1, 0.15) is 0 Å². The van der Waals surface area contributed by atoms with Crippen molar-refractivity contribution >= 4 is 23.2 Å². The molecule has 0 unspecified atom stereocenters. The van der Waals surface area contributed by atoms with Gasteiger partial charge in [0.2, 0.25) is 11.8 Å². The van der Waals surface area contributed by atoms with Crippen LogP contribution in [0.1, 0.15) is 71.6 Å². The fourth-order valence-corrected chi connectivity index (χ4v) is 4.63. The first-order valence-electron chi connectivity index (χ1n) is 11.4. The van der Waals surface area contributed by atoms with Gasteiger partial charge in [-0.3, -0.25) is 9.59 Å². The number of benzene rings is 1. The summed E-state index contributed by atoms with van der Waals surface area (Å²) in [5.41, 5.74) is 2.05. The van der Waals surface area contributed by atoms with E-state index in [9.17, 15) is 9.59 Å². The van der Waals surface area contributed by atoms with Crippen molar-refractivity contribution in [1.29, 1.82) is 0 Å². The predicted molar refractivity (Wildman–Crippen MR) is 119 cm³/mol. The molecule has 0 aromatic heterocycles. The summed E-state index contributed by atoms with van der Waals surface area (Å²) in [5, 5.41) is 2.99. The van der Waals surface area contributed by atoms with Crippen LogP contribution >= 0.6 is 0 Å². The molecule has 0 bridgehead atoms. The van der Waals surface area contributed by atoms with Crippen LogP contribution in [-0.2, 0) is 9.59 Å². The number of rotatable bonds is 6. The van der Waals surface area contributed by atoms with Gasteiger partial charge in [0.25, 0.3) is 0 Å². The van der Waals surface area contributed by atoms with Crippen molar-refractivity contribution in [1.82, 2.24) is 4.90 Å². The van der Waals surface area contributed by atoms with E-state index in [0.717, 1.165) is 37.5 Å². The number of hydrogen-bond donors (Lipinski definition) is 1. The van der Waals surface area contributed by atoms with Crippen molar-refractivity contribution in [2.45, 2.75) is 77.7 Å². The van der Waals surface area contributed by atoms with Crippen molar-refractivity contribution < 1.29 is 9.59 Å². The van der Waals surface area contributed by atoms with Crippen LogP contribution < -0.4 is 10.2 Å². The molecule has 2 aliphatic rings. The maximum absolute atomic E-state index is 12.5. The maximum Gasteiger partial charge on any atom is 0.226 e. The topological polar surface area (TPSA) is 52.7 Å². The molecule has 2 fully saturated rings. The number of carbonyl (C=O) groups excluding carboxylic acids is 2. The second kappa shape index (κ2) is 10.7. The second-order valence-electron chi connectivity index (χ2n) is 8.87. The Balaban J connectivity index is 1.48. The zero-order valence-electron chi connectivity index (χ0n) is 18.2. The van der Waals surface area contributed by atoms with Gasteiger partial charge in [-0.1, -0.05) is 32.6 Å². The molecule has 29 heavy (non-hydrogen) atoms. The Bertz CT molecular complexity index is 657. The Kier molecular flexibility index (Phi) is 7.96. The summed E-state index contributed by atoms with van der Waals surface area (Å²) in [6.45, 7) is 6.67. The molecule has 1 saturated heterocycles. The Morgan fingerprint density at radius 3 is 2.21 bits per heavy atom. The third-order valence-electron chi connectivity index (χ3n) is 6.55. The molecule has 160 valence electrons. The van der Waals surface area contributed by atoms with Crippen LogP contribution in [0.5, 0.6) is 0 Å². The highest BCUT2D eigenvalue weighted by Gasteiger charge is 2.23. The van der Waals surface area contributed by atoms with Crippen molar-refractivity contribution in [3.63, 3.8) is 0 Å². The van der Waals surface area contributed by atoms with Crippen LogP contribution in [0.25, 0.3) is 0 Å². The Labute approximate surface area is 175 Å². The molecule has 0 spiro atoms. The first-order valence-corrected chi connectivity index (χ1v) is 11.4. The standard InChI is InChI=1S/C24H37N3O2/c1-19-13-16-26(17-14-19)22-11-9-21(10-12-22)25-24(29)15-18-27(20(2)28)23-7-5-3-4-6-8-23/h9-12,19,23H,3-8,13-18H2,1-2H3,(H,25,29). The van der Waals surface area contributed by atoms with Crippen LogP contribution in [0, 0.1) is 5.92 Å². The molecule has 1 aliphatic heterocycles. The summed E-state index contributed by atoms with van der Waals surface area (Å²) < 4.78 is 0. The highest BCUT2D eigenvalue weighted by molar-refractivity contribution is 5.91. The molecule has 0 atom stereocenters. The lowest BCUT2D eigenvalue weighted by molar-refractivity contribution is -0.131. The van der Waals surface area contributed by atoms with Gasteiger partial charge in [-0.15, -0.1) is 0 Å². The van der Waals surface area contributed by atoms with E-state index in [-0.39, 0.29) is 11.8 Å². The summed E-state index contributed by atoms with van der Waals surface area (Å²) in [7, 11) is 0. The van der Waals surface area contributed by atoms with E-state index in [4.69, 9.17) is 0 Å². The molecule has 1 saturated carbocycles. The van der Waals surface area contributed by atoms with E-state index in [1.165, 1.54) is 44.2 Å². The third kappa shape index (κ3) is 6.48. The summed E-state index contributed by atoms with van der Waals surface area (Å²) in [6.07, 6.45) is 9.85. The number of hydrogen-bond acceptors (Lipinski definition) is 3. The first kappa shape index (κ1) is 21.7. The fourth-order valence-electron chi connectivity index (χ4n) is 4.63. The zero-order chi connectivity index (χ0) is 20.6. The molecule has 5 nitrogen and oxygen atoms in total. The number of nitrogens with zero attached hydrogens (tertiary/aromatic N) is 2. The average Bonchev–Trinajstić information content (AvgIpc) is 2.99. The highest BCUT2D eigenvalue weighted by Crippen LogP contribution is 2.25. The first-order chi connectivity index (χ1) is 14.0. The van der Waals surface area contributed by atoms with E-state index in [0.29, 0.717) is 19.0 Å². The monoisotopic (exact) mass is 399 g/mol. The summed E-state index contributed by atoms with van der Waals surface area (Å²) in [5.74, 6) is 0.881. The number of nitrogens with one attached hydrogen (secondary N) is 1. The van der Waals surface area contributed by atoms with E-state index >= 15 is 0 Å². The Hall–Kier alpha value is -2.04. The van der Waals surface area contributed by atoms with Gasteiger partial charge < -0.3 is 15.1 Å². The quantitative estimate of drug-likeness (QED) is 0.698. The number of carbonyl (C=O) groups is 2. The fraction of sp³-hybridized carbons (Fsp3) is 0.667. The zero-order valence-corrected chi connectivity index (χ0v) is 18.2. The molecule has 2 amide bonds. The smallest absolute Gasteiger partial charge is 0.226 e. The minimum atomic E-state index is -0.0237. The second-order valence-corrected chi connectivity index (χ2v) is 8.87. The van der Waals surface area contributed by atoms with Crippen LogP contribution in [0.15, 0.2) is 24.3 Å². The van der Waals surface area contributed by atoms with Crippen LogP contribution in [0.4, 0.5) is 11.4 Å². The van der Waals surface area contributed by atoms with E-state index in [2.05, 4.69) is 29.3 Å². The van der Waals surface area contributed by atoms with Crippen LogP contribution in [0.2, 0.25) is 0 Å². The van der Waals surface area contributed by atoms with Gasteiger partial charge in [-0.25, -0.2) is 0 Å². The minimum absolute atomic E-state index is 0.0237. The van der Waals surface area contributed by atoms with Gasteiger partial charge in [-0.05, 0) is 55.9 Å². The molecular formula is C24H37N3O2. The minimum Gasteiger partial charge on any atom is -0.372 e. The highest BCUT2D eigenvalue weighted by atomic mass is 16.2. The van der Waals surface area contributed by atoms with Gasteiger partial charge in [0, 0.05) is 50.4 Å².